The second-order valence-electron chi connectivity index (χ2n) is 5.19. The minimum atomic E-state index is -0.518. The molecule has 2 aromatic rings. The second kappa shape index (κ2) is 4.77. The summed E-state index contributed by atoms with van der Waals surface area (Å²) in [5, 5.41) is 0.283. The van der Waals surface area contributed by atoms with E-state index in [1.165, 1.54) is 6.33 Å². The van der Waals surface area contributed by atoms with E-state index in [0.717, 1.165) is 0 Å². The topological polar surface area (TPSA) is 69.9 Å². The molecule has 0 bridgehead atoms. The maximum Gasteiger partial charge on any atom is 0.326 e. The fourth-order valence-electron chi connectivity index (χ4n) is 1.64. The van der Waals surface area contributed by atoms with Gasteiger partial charge in [0.25, 0.3) is 0 Å². The molecule has 0 amide bonds. The molecule has 0 aliphatic rings. The fraction of sp³-hybridized carbons (Fsp3) is 0.500. The third-order valence-electron chi connectivity index (χ3n) is 2.25. The maximum absolute atomic E-state index is 11.8. The van der Waals surface area contributed by atoms with E-state index in [-0.39, 0.29) is 17.7 Å². The summed E-state index contributed by atoms with van der Waals surface area (Å²) in [5.41, 5.74) is 0.495. The normalized spacial score (nSPS) is 11.8. The van der Waals surface area contributed by atoms with Crippen LogP contribution in [-0.4, -0.2) is 31.1 Å². The van der Waals surface area contributed by atoms with Gasteiger partial charge in [0.15, 0.2) is 10.8 Å². The number of carbonyl (C=O) groups is 1. The number of hydrogen-bond acceptors (Lipinski definition) is 5. The number of carbonyl (C=O) groups excluding carboxylic acids is 1. The summed E-state index contributed by atoms with van der Waals surface area (Å²) >= 11 is 5.98. The molecule has 2 aromatic heterocycles. The predicted octanol–water partition coefficient (Wildman–Crippen LogP) is 2.13. The van der Waals surface area contributed by atoms with E-state index >= 15 is 0 Å². The summed E-state index contributed by atoms with van der Waals surface area (Å²) in [4.78, 5) is 24.2. The first-order valence-corrected chi connectivity index (χ1v) is 6.21. The molecule has 0 aliphatic heterocycles. The van der Waals surface area contributed by atoms with Crippen molar-refractivity contribution in [3.8, 4) is 0 Å². The summed E-state index contributed by atoms with van der Waals surface area (Å²) in [5.74, 6) is 0.183. The van der Waals surface area contributed by atoms with E-state index in [4.69, 9.17) is 16.3 Å². The smallest absolute Gasteiger partial charge is 0.326 e. The van der Waals surface area contributed by atoms with Gasteiger partial charge in [-0.1, -0.05) is 11.6 Å². The summed E-state index contributed by atoms with van der Waals surface area (Å²) in [6.07, 6.45) is 1.51. The Bertz CT molecular complexity index is 630. The van der Waals surface area contributed by atoms with Crippen LogP contribution in [0, 0.1) is 6.92 Å². The van der Waals surface area contributed by atoms with E-state index in [0.29, 0.717) is 17.0 Å². The summed E-state index contributed by atoms with van der Waals surface area (Å²) in [6, 6.07) is 0. The van der Waals surface area contributed by atoms with Crippen LogP contribution in [0.4, 0.5) is 0 Å². The van der Waals surface area contributed by atoms with Gasteiger partial charge in [0.2, 0.25) is 0 Å². The highest BCUT2D eigenvalue weighted by Gasteiger charge is 2.18. The highest BCUT2D eigenvalue weighted by molar-refractivity contribution is 6.33. The second-order valence-corrected chi connectivity index (χ2v) is 5.55. The molecule has 0 saturated carbocycles. The van der Waals surface area contributed by atoms with Gasteiger partial charge in [-0.05, 0) is 27.7 Å². The van der Waals surface area contributed by atoms with Gasteiger partial charge in [0, 0.05) is 0 Å². The maximum atomic E-state index is 11.8. The number of fused-ring (bicyclic) bond motifs is 1. The molecule has 0 unspecified atom stereocenters. The van der Waals surface area contributed by atoms with Gasteiger partial charge < -0.3 is 9.30 Å². The van der Waals surface area contributed by atoms with E-state index in [1.807, 2.05) is 20.8 Å². The first kappa shape index (κ1) is 13.7. The van der Waals surface area contributed by atoms with Gasteiger partial charge in [0.05, 0.1) is 6.33 Å². The van der Waals surface area contributed by atoms with Crippen molar-refractivity contribution >= 4 is 28.7 Å². The van der Waals surface area contributed by atoms with Crippen LogP contribution in [-0.2, 0) is 16.1 Å². The van der Waals surface area contributed by atoms with Crippen molar-refractivity contribution in [3.63, 3.8) is 0 Å². The minimum absolute atomic E-state index is 0.0422. The summed E-state index contributed by atoms with van der Waals surface area (Å²) in [6.45, 7) is 7.23. The quantitative estimate of drug-likeness (QED) is 0.623. The van der Waals surface area contributed by atoms with Crippen molar-refractivity contribution in [2.45, 2.75) is 39.8 Å². The Morgan fingerprint density at radius 1 is 1.42 bits per heavy atom. The van der Waals surface area contributed by atoms with Crippen LogP contribution < -0.4 is 0 Å². The number of hydrogen-bond donors (Lipinski definition) is 0. The predicted molar refractivity (Wildman–Crippen MR) is 70.9 cm³/mol. The number of aromatic nitrogens is 4. The van der Waals surface area contributed by atoms with Crippen molar-refractivity contribution in [2.75, 3.05) is 0 Å². The Morgan fingerprint density at radius 2 is 2.11 bits per heavy atom. The van der Waals surface area contributed by atoms with E-state index in [9.17, 15) is 4.79 Å². The molecule has 0 aliphatic carbocycles. The molecular formula is C12H15ClN4O2. The zero-order valence-electron chi connectivity index (χ0n) is 11.3. The molecule has 0 spiro atoms. The van der Waals surface area contributed by atoms with Crippen molar-refractivity contribution in [3.05, 3.63) is 17.3 Å². The van der Waals surface area contributed by atoms with Crippen molar-refractivity contribution < 1.29 is 9.53 Å². The highest BCUT2D eigenvalue weighted by atomic mass is 35.5. The SMILES string of the molecule is Cc1nc(Cl)c2ncn(CC(=O)OC(C)(C)C)c2n1. The van der Waals surface area contributed by atoms with Gasteiger partial charge in [-0.3, -0.25) is 4.79 Å². The molecule has 2 heterocycles. The summed E-state index contributed by atoms with van der Waals surface area (Å²) in [7, 11) is 0. The standard InChI is InChI=1S/C12H15ClN4O2/c1-7-15-10(13)9-11(16-7)17(6-14-9)5-8(18)19-12(2,3)4/h6H,5H2,1-4H3. The van der Waals surface area contributed by atoms with Crippen LogP contribution in [0.5, 0.6) is 0 Å². The molecule has 0 radical (unpaired) electrons. The van der Waals surface area contributed by atoms with Crippen LogP contribution in [0.25, 0.3) is 11.2 Å². The van der Waals surface area contributed by atoms with Crippen molar-refractivity contribution in [2.24, 2.45) is 0 Å². The molecule has 0 aromatic carbocycles. The lowest BCUT2D eigenvalue weighted by Gasteiger charge is -2.19. The van der Waals surface area contributed by atoms with E-state index in [1.54, 1.807) is 11.5 Å². The Balaban J connectivity index is 2.29. The van der Waals surface area contributed by atoms with Gasteiger partial charge in [-0.15, -0.1) is 0 Å². The van der Waals surface area contributed by atoms with Crippen LogP contribution in [0.1, 0.15) is 26.6 Å². The van der Waals surface area contributed by atoms with Gasteiger partial charge in [-0.2, -0.15) is 0 Å². The van der Waals surface area contributed by atoms with Gasteiger partial charge in [-0.25, -0.2) is 15.0 Å². The van der Waals surface area contributed by atoms with Crippen LogP contribution in [0.3, 0.4) is 0 Å². The average molecular weight is 283 g/mol. The summed E-state index contributed by atoms with van der Waals surface area (Å²) < 4.78 is 6.86. The lowest BCUT2D eigenvalue weighted by molar-refractivity contribution is -0.155. The van der Waals surface area contributed by atoms with E-state index < -0.39 is 5.60 Å². The van der Waals surface area contributed by atoms with Crippen LogP contribution in [0.2, 0.25) is 5.15 Å². The molecule has 2 rings (SSSR count). The minimum Gasteiger partial charge on any atom is -0.459 e. The molecule has 0 atom stereocenters. The number of rotatable bonds is 2. The average Bonchev–Trinajstić information content (AvgIpc) is 2.58. The number of esters is 1. The zero-order chi connectivity index (χ0) is 14.2. The van der Waals surface area contributed by atoms with Crippen LogP contribution in [0.15, 0.2) is 6.33 Å². The van der Waals surface area contributed by atoms with E-state index in [2.05, 4.69) is 15.0 Å². The van der Waals surface area contributed by atoms with Crippen LogP contribution >= 0.6 is 11.6 Å². The largest absolute Gasteiger partial charge is 0.459 e. The third-order valence-corrected chi connectivity index (χ3v) is 2.52. The molecule has 0 N–H and O–H groups in total. The first-order valence-electron chi connectivity index (χ1n) is 5.83. The molecule has 102 valence electrons. The lowest BCUT2D eigenvalue weighted by Crippen LogP contribution is -2.26. The molecule has 19 heavy (non-hydrogen) atoms. The van der Waals surface area contributed by atoms with Crippen molar-refractivity contribution in [1.82, 2.24) is 19.5 Å². The first-order chi connectivity index (χ1) is 8.76. The number of aryl methyl sites for hydroxylation is 1. The molecule has 7 heteroatoms. The third kappa shape index (κ3) is 3.20. The van der Waals surface area contributed by atoms with Gasteiger partial charge >= 0.3 is 5.97 Å². The molecule has 0 fully saturated rings. The lowest BCUT2D eigenvalue weighted by atomic mass is 10.2. The highest BCUT2D eigenvalue weighted by Crippen LogP contribution is 2.19. The molecule has 0 saturated heterocycles. The number of ether oxygens (including phenoxy) is 1. The molecule has 6 nitrogen and oxygen atoms in total. The Morgan fingerprint density at radius 3 is 2.74 bits per heavy atom. The zero-order valence-corrected chi connectivity index (χ0v) is 12.0. The fourth-order valence-corrected chi connectivity index (χ4v) is 1.90. The Labute approximate surface area is 115 Å². The van der Waals surface area contributed by atoms with Crippen molar-refractivity contribution in [1.29, 1.82) is 0 Å². The monoisotopic (exact) mass is 282 g/mol. The molecular weight excluding hydrogens is 268 g/mol. The number of nitrogens with zero attached hydrogens (tertiary/aromatic N) is 4. The number of imidazole rings is 1. The number of halogens is 1. The van der Waals surface area contributed by atoms with Gasteiger partial charge in [0.1, 0.15) is 23.5 Å². The Hall–Kier alpha value is -1.69. The Kier molecular flexibility index (Phi) is 3.45.